The molecule has 0 rings (SSSR count). The second kappa shape index (κ2) is 9.16. The Kier molecular flexibility index (Phi) is 7.90. The van der Waals surface area contributed by atoms with Crippen molar-refractivity contribution >= 4 is 11.3 Å². The molecule has 0 fully saturated rings. The van der Waals surface area contributed by atoms with Gasteiger partial charge in [-0.2, -0.15) is 4.21 Å². The minimum absolute atomic E-state index is 1.96. The number of nitrogens with zero attached hydrogens (tertiary/aromatic N) is 9. The molecule has 76 valence electrons. The second-order valence-electron chi connectivity index (χ2n) is 1.08. The third kappa shape index (κ3) is 8.17. The fourth-order valence-electron chi connectivity index (χ4n) is 0.167. The first-order valence-corrected chi connectivity index (χ1v) is 3.51. The van der Waals surface area contributed by atoms with E-state index in [1.807, 2.05) is 5.29 Å². The van der Waals surface area contributed by atoms with Crippen molar-refractivity contribution in [2.75, 3.05) is 0 Å². The minimum atomic E-state index is -2.35. The first-order valence-electron chi connectivity index (χ1n) is 2.48. The normalized spacial score (nSPS) is 14.9. The lowest BCUT2D eigenvalue weighted by molar-refractivity contribution is -0.124. The van der Waals surface area contributed by atoms with Crippen LogP contribution in [-0.2, 0) is 15.6 Å². The van der Waals surface area contributed by atoms with Crippen molar-refractivity contribution < 1.29 is 13.8 Å². The van der Waals surface area contributed by atoms with Gasteiger partial charge in [-0.25, -0.2) is 5.26 Å². The summed E-state index contributed by atoms with van der Waals surface area (Å²) in [6.07, 6.45) is 0. The van der Waals surface area contributed by atoms with Gasteiger partial charge in [0.25, 0.3) is 0 Å². The fraction of sp³-hybridized carbons (Fsp3) is 0. The summed E-state index contributed by atoms with van der Waals surface area (Å²) in [5.41, 5.74) is 0. The number of rotatable bonds is 6. The quantitative estimate of drug-likeness (QED) is 0.309. The van der Waals surface area contributed by atoms with E-state index in [0.717, 1.165) is 0 Å². The largest absolute Gasteiger partial charge is 0.334 e. The predicted octanol–water partition coefficient (Wildman–Crippen LogP) is 1.29. The topological polar surface area (TPSA) is 175 Å². The molecule has 0 aromatic rings. The lowest BCUT2D eigenvalue weighted by atomic mass is 12.4. The molecule has 14 heavy (non-hydrogen) atoms. The van der Waals surface area contributed by atoms with E-state index in [9.17, 15) is 9.12 Å². The molecular weight excluding hydrogens is 222 g/mol. The molecule has 0 heterocycles. The molecule has 1 unspecified atom stereocenters. The molecule has 0 aromatic carbocycles. The molecule has 0 saturated carbocycles. The summed E-state index contributed by atoms with van der Waals surface area (Å²) >= 11 is -2.35. The third-order valence-electron chi connectivity index (χ3n) is 0.443. The molecule has 0 spiro atoms. The van der Waals surface area contributed by atoms with Gasteiger partial charge in [-0.05, 0) is 20.2 Å². The SMILES string of the molecule is O=N/N=N/N=N/N=N/N=N/S(=O)OO. The highest BCUT2D eigenvalue weighted by molar-refractivity contribution is 7.78. The third-order valence-corrected chi connectivity index (χ3v) is 0.777. The molecule has 14 heteroatoms. The van der Waals surface area contributed by atoms with Crippen LogP contribution in [0.15, 0.2) is 46.4 Å². The summed E-state index contributed by atoms with van der Waals surface area (Å²) in [6, 6.07) is 0. The zero-order chi connectivity index (χ0) is 10.6. The zero-order valence-electron chi connectivity index (χ0n) is 6.11. The molecule has 0 amide bonds. The Morgan fingerprint density at radius 3 is 1.93 bits per heavy atom. The minimum Gasteiger partial charge on any atom is -0.235 e. The van der Waals surface area contributed by atoms with E-state index < -0.39 is 11.3 Å². The van der Waals surface area contributed by atoms with Crippen LogP contribution in [0.1, 0.15) is 0 Å². The van der Waals surface area contributed by atoms with E-state index in [2.05, 4.69) is 45.4 Å². The van der Waals surface area contributed by atoms with Crippen LogP contribution in [-0.4, -0.2) is 9.47 Å². The highest BCUT2D eigenvalue weighted by Crippen LogP contribution is 1.88. The highest BCUT2D eigenvalue weighted by atomic mass is 32.2. The smallest absolute Gasteiger partial charge is 0.235 e. The van der Waals surface area contributed by atoms with Crippen LogP contribution in [0.2, 0.25) is 0 Å². The van der Waals surface area contributed by atoms with Crippen LogP contribution in [0, 0.1) is 4.91 Å². The predicted molar refractivity (Wildman–Crippen MR) is 37.1 cm³/mol. The summed E-state index contributed by atoms with van der Waals surface area (Å²) in [6.45, 7) is 0. The van der Waals surface area contributed by atoms with Gasteiger partial charge in [0.1, 0.15) is 5.29 Å². The Labute approximate surface area is 77.3 Å². The van der Waals surface area contributed by atoms with Crippen molar-refractivity contribution in [2.45, 2.75) is 0 Å². The summed E-state index contributed by atoms with van der Waals surface area (Å²) in [7, 11) is 0. The lowest BCUT2D eigenvalue weighted by Crippen LogP contribution is -1.83. The molecule has 0 radical (unpaired) electrons. The Bertz CT molecular complexity index is 289. The molecule has 0 aliphatic rings. The van der Waals surface area contributed by atoms with Crippen LogP contribution in [0.4, 0.5) is 0 Å². The zero-order valence-corrected chi connectivity index (χ0v) is 6.92. The maximum absolute atomic E-state index is 10.1. The van der Waals surface area contributed by atoms with E-state index in [1.54, 1.807) is 0 Å². The summed E-state index contributed by atoms with van der Waals surface area (Å²) in [5, 5.41) is 28.8. The molecule has 0 aromatic heterocycles. The van der Waals surface area contributed by atoms with Crippen molar-refractivity contribution in [3.05, 3.63) is 4.91 Å². The highest BCUT2D eigenvalue weighted by Gasteiger charge is 1.89. The molecule has 0 aliphatic carbocycles. The average Bonchev–Trinajstić information content (AvgIpc) is 2.21. The Balaban J connectivity index is 3.78. The molecule has 1 atom stereocenters. The Morgan fingerprint density at radius 1 is 0.929 bits per heavy atom. The fourth-order valence-corrected chi connectivity index (χ4v) is 0.289. The van der Waals surface area contributed by atoms with Crippen LogP contribution in [0.3, 0.4) is 0 Å². The maximum Gasteiger partial charge on any atom is 0.334 e. The van der Waals surface area contributed by atoms with Crippen molar-refractivity contribution in [3.63, 3.8) is 0 Å². The van der Waals surface area contributed by atoms with Gasteiger partial charge in [-0.1, -0.05) is 0 Å². The summed E-state index contributed by atoms with van der Waals surface area (Å²) in [5.74, 6) is 0. The molecule has 0 aliphatic heterocycles. The molecule has 0 saturated heterocycles. The van der Waals surface area contributed by atoms with Crippen LogP contribution >= 0.6 is 0 Å². The van der Waals surface area contributed by atoms with E-state index >= 15 is 0 Å². The first kappa shape index (κ1) is 12.1. The van der Waals surface area contributed by atoms with E-state index in [4.69, 9.17) is 5.26 Å². The van der Waals surface area contributed by atoms with Crippen molar-refractivity contribution in [1.29, 1.82) is 0 Å². The second-order valence-corrected chi connectivity index (χ2v) is 1.83. The van der Waals surface area contributed by atoms with Crippen molar-refractivity contribution in [3.8, 4) is 0 Å². The van der Waals surface area contributed by atoms with Crippen LogP contribution < -0.4 is 0 Å². The van der Waals surface area contributed by atoms with Gasteiger partial charge in [0, 0.05) is 20.9 Å². The van der Waals surface area contributed by atoms with E-state index in [-0.39, 0.29) is 0 Å². The molecule has 1 N–H and O–H groups in total. The summed E-state index contributed by atoms with van der Waals surface area (Å²) in [4.78, 5) is 9.28. The van der Waals surface area contributed by atoms with Gasteiger partial charge in [-0.3, -0.25) is 0 Å². The summed E-state index contributed by atoms with van der Waals surface area (Å²) < 4.78 is 16.0. The van der Waals surface area contributed by atoms with Crippen molar-refractivity contribution in [1.82, 2.24) is 0 Å². The van der Waals surface area contributed by atoms with Gasteiger partial charge >= 0.3 is 11.3 Å². The number of hydrogen-bond acceptors (Lipinski definition) is 4. The maximum atomic E-state index is 10.1. The van der Waals surface area contributed by atoms with E-state index in [1.165, 1.54) is 0 Å². The lowest BCUT2D eigenvalue weighted by Gasteiger charge is -1.78. The molecule has 13 nitrogen and oxygen atoms in total. The first-order chi connectivity index (χ1) is 6.81. The van der Waals surface area contributed by atoms with Gasteiger partial charge in [0.2, 0.25) is 0 Å². The van der Waals surface area contributed by atoms with Gasteiger partial charge < -0.3 is 0 Å². The molecule has 0 bridgehead atoms. The number of hydrogen-bond donors (Lipinski definition) is 1. The van der Waals surface area contributed by atoms with Gasteiger partial charge in [0.15, 0.2) is 0 Å². The standard InChI is InChI=1S/HN9O4S/c10-8-6-4-2-1-3-5-7-9-14(12)13-11/h11H/b2-1+,5-3+,6-4+,9-7+. The molecular formula is HN9O4S. The van der Waals surface area contributed by atoms with Gasteiger partial charge in [0.05, 0.1) is 0 Å². The average molecular weight is 223 g/mol. The van der Waals surface area contributed by atoms with Crippen LogP contribution in [0.25, 0.3) is 0 Å². The van der Waals surface area contributed by atoms with Crippen LogP contribution in [0.5, 0.6) is 0 Å². The number of nitroso groups, excluding NO2 is 1. The van der Waals surface area contributed by atoms with E-state index in [0.29, 0.717) is 0 Å². The monoisotopic (exact) mass is 223 g/mol. The Morgan fingerprint density at radius 2 is 1.43 bits per heavy atom. The van der Waals surface area contributed by atoms with Crippen molar-refractivity contribution in [2.24, 2.45) is 46.4 Å². The van der Waals surface area contributed by atoms with Gasteiger partial charge in [-0.15, -0.1) is 9.24 Å². The Hall–Kier alpha value is -1.93.